The van der Waals surface area contributed by atoms with Gasteiger partial charge in [0, 0.05) is 18.1 Å². The maximum absolute atomic E-state index is 5.34. The first-order valence-corrected chi connectivity index (χ1v) is 7.53. The van der Waals surface area contributed by atoms with E-state index in [2.05, 4.69) is 4.98 Å². The first-order valence-electron chi connectivity index (χ1n) is 6.13. The lowest BCUT2D eigenvalue weighted by Gasteiger charge is -2.14. The molecular formula is C14H17ClN2O3S2. The Kier molecular flexibility index (Phi) is 7.50. The molecule has 0 saturated carbocycles. The normalized spacial score (nSPS) is 9.77. The van der Waals surface area contributed by atoms with Gasteiger partial charge in [-0.05, 0) is 17.7 Å². The molecule has 0 unspecified atom stereocenters. The van der Waals surface area contributed by atoms with Crippen molar-refractivity contribution >= 4 is 40.7 Å². The minimum absolute atomic E-state index is 0. The monoisotopic (exact) mass is 360 g/mol. The van der Waals surface area contributed by atoms with E-state index < -0.39 is 0 Å². The van der Waals surface area contributed by atoms with E-state index in [1.807, 2.05) is 18.3 Å². The average Bonchev–Trinajstić information content (AvgIpc) is 3.05. The molecule has 22 heavy (non-hydrogen) atoms. The number of hydrogen-bond donors (Lipinski definition) is 0. The summed E-state index contributed by atoms with van der Waals surface area (Å²) in [6.07, 6.45) is 5.21. The fourth-order valence-corrected chi connectivity index (χ4v) is 2.80. The summed E-state index contributed by atoms with van der Waals surface area (Å²) < 4.78 is 18.5. The molecule has 0 bridgehead atoms. The van der Waals surface area contributed by atoms with Gasteiger partial charge in [0.1, 0.15) is 10.6 Å². The Morgan fingerprint density at radius 3 is 2.27 bits per heavy atom. The first kappa shape index (κ1) is 18.6. The number of benzene rings is 1. The van der Waals surface area contributed by atoms with E-state index >= 15 is 0 Å². The van der Waals surface area contributed by atoms with Crippen molar-refractivity contribution in [1.82, 2.24) is 9.55 Å². The van der Waals surface area contributed by atoms with Crippen LogP contribution in [0.25, 0.3) is 0 Å². The van der Waals surface area contributed by atoms with Gasteiger partial charge in [0.2, 0.25) is 5.75 Å². The van der Waals surface area contributed by atoms with Crippen molar-refractivity contribution in [2.75, 3.05) is 21.3 Å². The topological polar surface area (TPSA) is 45.5 Å². The maximum atomic E-state index is 5.34. The zero-order valence-electron chi connectivity index (χ0n) is 12.4. The third kappa shape index (κ3) is 4.28. The molecule has 0 aliphatic carbocycles. The number of nitrogens with zero attached hydrogens (tertiary/aromatic N) is 2. The Labute approximate surface area is 145 Å². The Balaban J connectivity index is 0.00000242. The molecular weight excluding hydrogens is 344 g/mol. The van der Waals surface area contributed by atoms with Gasteiger partial charge in [-0.1, -0.05) is 24.0 Å². The highest BCUT2D eigenvalue weighted by Gasteiger charge is 2.13. The largest absolute Gasteiger partial charge is 0.493 e. The summed E-state index contributed by atoms with van der Waals surface area (Å²) in [7, 11) is 4.79. The van der Waals surface area contributed by atoms with Crippen molar-refractivity contribution in [2.24, 2.45) is 0 Å². The van der Waals surface area contributed by atoms with E-state index in [-0.39, 0.29) is 12.4 Å². The second kappa shape index (κ2) is 8.87. The van der Waals surface area contributed by atoms with Crippen molar-refractivity contribution in [2.45, 2.75) is 5.75 Å². The number of thiocarbonyl (C=S) groups is 1. The lowest BCUT2D eigenvalue weighted by molar-refractivity contribution is 0.324. The van der Waals surface area contributed by atoms with Crippen molar-refractivity contribution in [1.29, 1.82) is 0 Å². The molecule has 0 spiro atoms. The van der Waals surface area contributed by atoms with Gasteiger partial charge in [-0.25, -0.2) is 4.98 Å². The zero-order chi connectivity index (χ0) is 15.2. The van der Waals surface area contributed by atoms with Crippen LogP contribution >= 0.6 is 36.4 Å². The first-order chi connectivity index (χ1) is 10.2. The second-order valence-electron chi connectivity index (χ2n) is 4.06. The lowest BCUT2D eigenvalue weighted by Crippen LogP contribution is -2.02. The van der Waals surface area contributed by atoms with Crippen LogP contribution in [0.4, 0.5) is 0 Å². The summed E-state index contributed by atoms with van der Waals surface area (Å²) in [5.74, 6) is 2.57. The Morgan fingerprint density at radius 1 is 1.18 bits per heavy atom. The molecule has 0 atom stereocenters. The van der Waals surface area contributed by atoms with E-state index in [1.165, 1.54) is 0 Å². The minimum Gasteiger partial charge on any atom is -0.493 e. The average molecular weight is 361 g/mol. The molecule has 1 aromatic carbocycles. The lowest BCUT2D eigenvalue weighted by atomic mass is 10.2. The minimum atomic E-state index is 0. The van der Waals surface area contributed by atoms with Crippen LogP contribution < -0.4 is 14.2 Å². The van der Waals surface area contributed by atoms with Crippen molar-refractivity contribution in [3.05, 3.63) is 36.4 Å². The summed E-state index contributed by atoms with van der Waals surface area (Å²) in [4.78, 5) is 3.98. The SMILES string of the molecule is COc1cc(CSC(=S)n2ccnc2)cc(OC)c1OC.Cl. The molecule has 8 heteroatoms. The molecule has 120 valence electrons. The quantitative estimate of drug-likeness (QED) is 0.761. The predicted octanol–water partition coefficient (Wildman–Crippen LogP) is 3.40. The highest BCUT2D eigenvalue weighted by atomic mass is 35.5. The van der Waals surface area contributed by atoms with Crippen molar-refractivity contribution in [3.8, 4) is 17.2 Å². The van der Waals surface area contributed by atoms with Gasteiger partial charge in [0.15, 0.2) is 11.5 Å². The van der Waals surface area contributed by atoms with Gasteiger partial charge in [0.25, 0.3) is 0 Å². The standard InChI is InChI=1S/C14H16N2O3S2.ClH/c1-17-11-6-10(7-12(18-2)13(11)19-3)8-21-14(20)16-5-4-15-9-16;/h4-7,9H,8H2,1-3H3;1H. The third-order valence-corrected chi connectivity index (χ3v) is 4.30. The molecule has 0 aliphatic rings. The molecule has 1 heterocycles. The fraction of sp³-hybridized carbons (Fsp3) is 0.286. The number of aromatic nitrogens is 2. The van der Waals surface area contributed by atoms with Crippen LogP contribution in [-0.4, -0.2) is 35.2 Å². The van der Waals surface area contributed by atoms with Crippen LogP contribution in [0.15, 0.2) is 30.9 Å². The number of ether oxygens (including phenoxy) is 3. The molecule has 0 radical (unpaired) electrons. The number of halogens is 1. The highest BCUT2D eigenvalue weighted by molar-refractivity contribution is 8.22. The Hall–Kier alpha value is -1.44. The van der Waals surface area contributed by atoms with Crippen LogP contribution in [-0.2, 0) is 5.75 Å². The van der Waals surface area contributed by atoms with Crippen LogP contribution in [0.3, 0.4) is 0 Å². The Bertz CT molecular complexity index is 596. The van der Waals surface area contributed by atoms with Gasteiger partial charge < -0.3 is 14.2 Å². The molecule has 0 fully saturated rings. The van der Waals surface area contributed by atoms with Gasteiger partial charge in [-0.3, -0.25) is 4.57 Å². The molecule has 2 rings (SSSR count). The van der Waals surface area contributed by atoms with Crippen LogP contribution in [0, 0.1) is 0 Å². The van der Waals surface area contributed by atoms with Crippen LogP contribution in [0.5, 0.6) is 17.2 Å². The van der Waals surface area contributed by atoms with Gasteiger partial charge in [0.05, 0.1) is 21.3 Å². The highest BCUT2D eigenvalue weighted by Crippen LogP contribution is 2.39. The Morgan fingerprint density at radius 2 is 1.82 bits per heavy atom. The van der Waals surface area contributed by atoms with E-state index in [1.54, 1.807) is 50.2 Å². The molecule has 2 aromatic rings. The molecule has 0 aliphatic heterocycles. The van der Waals surface area contributed by atoms with Gasteiger partial charge >= 0.3 is 0 Å². The van der Waals surface area contributed by atoms with E-state index in [9.17, 15) is 0 Å². The smallest absolute Gasteiger partial charge is 0.203 e. The zero-order valence-corrected chi connectivity index (χ0v) is 14.9. The summed E-state index contributed by atoms with van der Waals surface area (Å²) in [5, 5.41) is 0. The van der Waals surface area contributed by atoms with Gasteiger partial charge in [-0.2, -0.15) is 0 Å². The fourth-order valence-electron chi connectivity index (χ4n) is 1.81. The van der Waals surface area contributed by atoms with Crippen molar-refractivity contribution < 1.29 is 14.2 Å². The number of thioether (sulfide) groups is 1. The van der Waals surface area contributed by atoms with E-state index in [0.717, 1.165) is 9.88 Å². The van der Waals surface area contributed by atoms with Crippen LogP contribution in [0.1, 0.15) is 5.56 Å². The van der Waals surface area contributed by atoms with E-state index in [0.29, 0.717) is 23.0 Å². The number of imidazole rings is 1. The number of hydrogen-bond acceptors (Lipinski definition) is 6. The molecule has 1 aromatic heterocycles. The van der Waals surface area contributed by atoms with Crippen molar-refractivity contribution in [3.63, 3.8) is 0 Å². The number of rotatable bonds is 5. The van der Waals surface area contributed by atoms with E-state index in [4.69, 9.17) is 26.4 Å². The molecule has 0 N–H and O–H groups in total. The molecule has 5 nitrogen and oxygen atoms in total. The van der Waals surface area contributed by atoms with Gasteiger partial charge in [-0.15, -0.1) is 12.4 Å². The summed E-state index contributed by atoms with van der Waals surface area (Å²) in [5.41, 5.74) is 1.04. The second-order valence-corrected chi connectivity index (χ2v) is 5.67. The summed E-state index contributed by atoms with van der Waals surface area (Å²) in [6, 6.07) is 3.84. The predicted molar refractivity (Wildman–Crippen MR) is 94.9 cm³/mol. The molecule has 0 saturated heterocycles. The maximum Gasteiger partial charge on any atom is 0.203 e. The summed E-state index contributed by atoms with van der Waals surface area (Å²) in [6.45, 7) is 0. The number of methoxy groups -OCH3 is 3. The third-order valence-electron chi connectivity index (χ3n) is 2.80. The molecule has 0 amide bonds. The van der Waals surface area contributed by atoms with Crippen LogP contribution in [0.2, 0.25) is 0 Å². The summed E-state index contributed by atoms with van der Waals surface area (Å²) >= 11 is 6.88.